The van der Waals surface area contributed by atoms with Crippen molar-refractivity contribution >= 4 is 0 Å². The Bertz CT molecular complexity index is 403. The van der Waals surface area contributed by atoms with E-state index in [0.29, 0.717) is 6.54 Å². The van der Waals surface area contributed by atoms with Gasteiger partial charge in [-0.25, -0.2) is 0 Å². The maximum absolute atomic E-state index is 5.77. The molecule has 4 nitrogen and oxygen atoms in total. The molecule has 2 N–H and O–H groups in total. The summed E-state index contributed by atoms with van der Waals surface area (Å²) >= 11 is 0. The van der Waals surface area contributed by atoms with Crippen LogP contribution in [0.2, 0.25) is 0 Å². The minimum atomic E-state index is 0.501. The van der Waals surface area contributed by atoms with Gasteiger partial charge in [-0.3, -0.25) is 9.80 Å². The Morgan fingerprint density at radius 1 is 1.28 bits per heavy atom. The van der Waals surface area contributed by atoms with Crippen molar-refractivity contribution in [1.29, 1.82) is 0 Å². The topological polar surface area (TPSA) is 45.6 Å². The number of piperazine rings is 1. The number of aryl methyl sites for hydroxylation is 1. The first kappa shape index (κ1) is 12.2. The minimum Gasteiger partial charge on any atom is -0.463 e. The molecular formula is C14H23N3O. The van der Waals surface area contributed by atoms with E-state index in [4.69, 9.17) is 10.2 Å². The molecule has 0 aromatic carbocycles. The lowest BCUT2D eigenvalue weighted by molar-refractivity contribution is 0.115. The van der Waals surface area contributed by atoms with Crippen LogP contribution in [0.1, 0.15) is 29.9 Å². The summed E-state index contributed by atoms with van der Waals surface area (Å²) in [6.45, 7) is 8.26. The summed E-state index contributed by atoms with van der Waals surface area (Å²) in [5, 5.41) is 0. The Morgan fingerprint density at radius 2 is 2.00 bits per heavy atom. The molecule has 1 aliphatic heterocycles. The summed E-state index contributed by atoms with van der Waals surface area (Å²) < 4.78 is 5.77. The lowest BCUT2D eigenvalue weighted by atomic mass is 10.2. The molecule has 0 spiro atoms. The largest absolute Gasteiger partial charge is 0.463 e. The van der Waals surface area contributed by atoms with Gasteiger partial charge in [0.25, 0.3) is 0 Å². The zero-order valence-electron chi connectivity index (χ0n) is 11.2. The Balaban J connectivity index is 1.53. The van der Waals surface area contributed by atoms with E-state index in [2.05, 4.69) is 22.8 Å². The minimum absolute atomic E-state index is 0.501. The highest BCUT2D eigenvalue weighted by Crippen LogP contribution is 2.27. The van der Waals surface area contributed by atoms with Crippen molar-refractivity contribution < 1.29 is 4.42 Å². The van der Waals surface area contributed by atoms with Gasteiger partial charge in [0.2, 0.25) is 0 Å². The van der Waals surface area contributed by atoms with Crippen molar-refractivity contribution in [2.75, 3.05) is 26.2 Å². The van der Waals surface area contributed by atoms with Gasteiger partial charge in [0.1, 0.15) is 11.5 Å². The second kappa shape index (κ2) is 5.03. The van der Waals surface area contributed by atoms with Gasteiger partial charge in [0.15, 0.2) is 0 Å². The number of nitrogens with zero attached hydrogens (tertiary/aromatic N) is 2. The van der Waals surface area contributed by atoms with E-state index >= 15 is 0 Å². The molecule has 18 heavy (non-hydrogen) atoms. The summed E-state index contributed by atoms with van der Waals surface area (Å²) in [7, 11) is 0. The molecule has 3 rings (SSSR count). The summed E-state index contributed by atoms with van der Waals surface area (Å²) in [6, 6.07) is 3.04. The first-order chi connectivity index (χ1) is 8.76. The number of hydrogen-bond donors (Lipinski definition) is 1. The molecule has 1 aromatic heterocycles. The van der Waals surface area contributed by atoms with E-state index in [1.165, 1.54) is 31.5 Å². The van der Waals surface area contributed by atoms with E-state index in [1.807, 2.05) is 0 Å². The summed E-state index contributed by atoms with van der Waals surface area (Å²) in [5.41, 5.74) is 6.83. The van der Waals surface area contributed by atoms with Crippen LogP contribution in [0.3, 0.4) is 0 Å². The van der Waals surface area contributed by atoms with Crippen LogP contribution in [-0.2, 0) is 13.1 Å². The lowest BCUT2D eigenvalue weighted by Gasteiger charge is -2.34. The average Bonchev–Trinajstić information content (AvgIpc) is 3.15. The second-order valence-corrected chi connectivity index (χ2v) is 5.57. The first-order valence-electron chi connectivity index (χ1n) is 7.01. The molecule has 1 aromatic rings. The van der Waals surface area contributed by atoms with Crippen LogP contribution in [0.4, 0.5) is 0 Å². The van der Waals surface area contributed by atoms with Crippen LogP contribution in [0.25, 0.3) is 0 Å². The standard InChI is InChI=1S/C14H23N3O/c1-11-8-13(18-14(11)9-15)10-16-4-6-17(7-5-16)12-2-3-12/h8,12H,2-7,9-10,15H2,1H3. The molecule has 0 radical (unpaired) electrons. The van der Waals surface area contributed by atoms with Gasteiger partial charge in [-0.15, -0.1) is 0 Å². The predicted molar refractivity (Wildman–Crippen MR) is 71.2 cm³/mol. The molecule has 0 atom stereocenters. The van der Waals surface area contributed by atoms with Gasteiger partial charge in [0, 0.05) is 32.2 Å². The molecule has 4 heteroatoms. The fraction of sp³-hybridized carbons (Fsp3) is 0.714. The molecule has 2 heterocycles. The van der Waals surface area contributed by atoms with E-state index < -0.39 is 0 Å². The maximum Gasteiger partial charge on any atom is 0.120 e. The van der Waals surface area contributed by atoms with Crippen molar-refractivity contribution in [1.82, 2.24) is 9.80 Å². The lowest BCUT2D eigenvalue weighted by Crippen LogP contribution is -2.46. The molecule has 0 bridgehead atoms. The predicted octanol–water partition coefficient (Wildman–Crippen LogP) is 1.33. The molecule has 0 amide bonds. The molecule has 1 saturated carbocycles. The van der Waals surface area contributed by atoms with Crippen LogP contribution in [0, 0.1) is 6.92 Å². The summed E-state index contributed by atoms with van der Waals surface area (Å²) in [5.74, 6) is 1.99. The van der Waals surface area contributed by atoms with Gasteiger partial charge in [-0.1, -0.05) is 0 Å². The molecule has 1 aliphatic carbocycles. The highest BCUT2D eigenvalue weighted by Gasteiger charge is 2.31. The Kier molecular flexibility index (Phi) is 3.41. The van der Waals surface area contributed by atoms with E-state index in [1.54, 1.807) is 0 Å². The van der Waals surface area contributed by atoms with Crippen molar-refractivity contribution in [3.05, 3.63) is 23.2 Å². The average molecular weight is 249 g/mol. The zero-order valence-corrected chi connectivity index (χ0v) is 11.2. The van der Waals surface area contributed by atoms with E-state index in [-0.39, 0.29) is 0 Å². The Hall–Kier alpha value is -0.840. The van der Waals surface area contributed by atoms with Crippen molar-refractivity contribution in [2.45, 2.75) is 38.9 Å². The first-order valence-corrected chi connectivity index (χ1v) is 7.01. The molecular weight excluding hydrogens is 226 g/mol. The molecule has 2 aliphatic rings. The fourth-order valence-corrected chi connectivity index (χ4v) is 2.82. The van der Waals surface area contributed by atoms with Crippen molar-refractivity contribution in [3.63, 3.8) is 0 Å². The van der Waals surface area contributed by atoms with Crippen molar-refractivity contribution in [2.24, 2.45) is 5.73 Å². The Morgan fingerprint density at radius 3 is 2.56 bits per heavy atom. The van der Waals surface area contributed by atoms with Gasteiger partial charge >= 0.3 is 0 Å². The number of rotatable bonds is 4. The number of furan rings is 1. The number of hydrogen-bond acceptors (Lipinski definition) is 4. The summed E-state index contributed by atoms with van der Waals surface area (Å²) in [6.07, 6.45) is 2.83. The molecule has 0 unspecified atom stereocenters. The van der Waals surface area contributed by atoms with E-state index in [9.17, 15) is 0 Å². The van der Waals surface area contributed by atoms with E-state index in [0.717, 1.165) is 37.2 Å². The zero-order chi connectivity index (χ0) is 12.5. The maximum atomic E-state index is 5.77. The highest BCUT2D eigenvalue weighted by atomic mass is 16.3. The SMILES string of the molecule is Cc1cc(CN2CCN(C3CC3)CC2)oc1CN. The fourth-order valence-electron chi connectivity index (χ4n) is 2.82. The van der Waals surface area contributed by atoms with Crippen LogP contribution in [-0.4, -0.2) is 42.0 Å². The normalized spacial score (nSPS) is 22.6. The number of nitrogens with two attached hydrogens (primary N) is 1. The van der Waals surface area contributed by atoms with Crippen LogP contribution < -0.4 is 5.73 Å². The van der Waals surface area contributed by atoms with Gasteiger partial charge in [0.05, 0.1) is 13.1 Å². The van der Waals surface area contributed by atoms with Gasteiger partial charge < -0.3 is 10.2 Å². The third kappa shape index (κ3) is 2.60. The smallest absolute Gasteiger partial charge is 0.120 e. The molecule has 1 saturated heterocycles. The summed E-state index contributed by atoms with van der Waals surface area (Å²) in [4.78, 5) is 5.12. The molecule has 100 valence electrons. The van der Waals surface area contributed by atoms with Crippen LogP contribution in [0.15, 0.2) is 10.5 Å². The van der Waals surface area contributed by atoms with Crippen LogP contribution in [0.5, 0.6) is 0 Å². The third-order valence-electron chi connectivity index (χ3n) is 4.11. The van der Waals surface area contributed by atoms with Gasteiger partial charge in [-0.2, -0.15) is 0 Å². The Labute approximate surface area is 109 Å². The molecule has 2 fully saturated rings. The van der Waals surface area contributed by atoms with Crippen LogP contribution >= 0.6 is 0 Å². The quantitative estimate of drug-likeness (QED) is 0.874. The van der Waals surface area contributed by atoms with Gasteiger partial charge in [-0.05, 0) is 31.4 Å². The monoisotopic (exact) mass is 249 g/mol. The highest BCUT2D eigenvalue weighted by molar-refractivity contribution is 5.19. The third-order valence-corrected chi connectivity index (χ3v) is 4.11. The van der Waals surface area contributed by atoms with Crippen molar-refractivity contribution in [3.8, 4) is 0 Å². The second-order valence-electron chi connectivity index (χ2n) is 5.57.